The van der Waals surface area contributed by atoms with Crippen LogP contribution in [0.1, 0.15) is 17.1 Å². The van der Waals surface area contributed by atoms with Crippen molar-refractivity contribution in [3.05, 3.63) is 78.1 Å². The summed E-state index contributed by atoms with van der Waals surface area (Å²) in [5.41, 5.74) is 0.894. The van der Waals surface area contributed by atoms with Crippen molar-refractivity contribution in [3.8, 4) is 5.75 Å². The fourth-order valence-electron chi connectivity index (χ4n) is 2.64. The molecule has 0 unspecified atom stereocenters. The van der Waals surface area contributed by atoms with Crippen molar-refractivity contribution >= 4 is 6.03 Å². The Morgan fingerprint density at radius 3 is 2.11 bits per heavy atom. The first-order valence-electron chi connectivity index (χ1n) is 8.71. The minimum Gasteiger partial charge on any atom is -0.467 e. The number of alkyl halides is 2. The van der Waals surface area contributed by atoms with Crippen LogP contribution in [0.25, 0.3) is 0 Å². The molecular formula is C20H20F2N2O4. The number of hydrogen-bond donors (Lipinski definition) is 1. The number of furan rings is 2. The van der Waals surface area contributed by atoms with Crippen LogP contribution >= 0.6 is 0 Å². The third-order valence-corrected chi connectivity index (χ3v) is 3.98. The van der Waals surface area contributed by atoms with Crippen LogP contribution in [-0.4, -0.2) is 24.1 Å². The second kappa shape index (κ2) is 9.59. The van der Waals surface area contributed by atoms with Crippen molar-refractivity contribution in [2.75, 3.05) is 6.54 Å². The van der Waals surface area contributed by atoms with Crippen molar-refractivity contribution < 1.29 is 27.1 Å². The molecule has 3 rings (SSSR count). The molecule has 0 radical (unpaired) electrons. The fourth-order valence-corrected chi connectivity index (χ4v) is 2.64. The van der Waals surface area contributed by atoms with Gasteiger partial charge in [-0.1, -0.05) is 12.1 Å². The minimum atomic E-state index is -2.85. The second-order valence-corrected chi connectivity index (χ2v) is 6.02. The number of hydrogen-bond acceptors (Lipinski definition) is 4. The van der Waals surface area contributed by atoms with E-state index >= 15 is 0 Å². The monoisotopic (exact) mass is 390 g/mol. The molecular weight excluding hydrogens is 370 g/mol. The van der Waals surface area contributed by atoms with Gasteiger partial charge < -0.3 is 23.8 Å². The maximum absolute atomic E-state index is 12.6. The summed E-state index contributed by atoms with van der Waals surface area (Å²) in [6.45, 7) is -1.85. The molecule has 0 fully saturated rings. The number of amides is 2. The van der Waals surface area contributed by atoms with Gasteiger partial charge in [-0.05, 0) is 48.4 Å². The highest BCUT2D eigenvalue weighted by Crippen LogP contribution is 2.15. The SMILES string of the molecule is O=C(NCCc1ccc(OC(F)F)cc1)N(Cc1ccco1)Cc1ccco1. The first-order valence-corrected chi connectivity index (χ1v) is 8.71. The van der Waals surface area contributed by atoms with Crippen LogP contribution in [0.3, 0.4) is 0 Å². The van der Waals surface area contributed by atoms with Crippen molar-refractivity contribution in [1.29, 1.82) is 0 Å². The number of urea groups is 1. The van der Waals surface area contributed by atoms with Gasteiger partial charge in [-0.15, -0.1) is 0 Å². The maximum Gasteiger partial charge on any atom is 0.387 e. The van der Waals surface area contributed by atoms with Crippen LogP contribution in [0.2, 0.25) is 0 Å². The van der Waals surface area contributed by atoms with Crippen LogP contribution in [0.4, 0.5) is 13.6 Å². The normalized spacial score (nSPS) is 10.8. The lowest BCUT2D eigenvalue weighted by Crippen LogP contribution is -2.39. The average Bonchev–Trinajstić information content (AvgIpc) is 3.36. The van der Waals surface area contributed by atoms with Gasteiger partial charge in [0.05, 0.1) is 25.6 Å². The molecule has 0 spiro atoms. The van der Waals surface area contributed by atoms with E-state index in [0.717, 1.165) is 5.56 Å². The van der Waals surface area contributed by atoms with Gasteiger partial charge in [0.25, 0.3) is 0 Å². The summed E-state index contributed by atoms with van der Waals surface area (Å²) >= 11 is 0. The van der Waals surface area contributed by atoms with Gasteiger partial charge >= 0.3 is 12.6 Å². The van der Waals surface area contributed by atoms with E-state index in [1.54, 1.807) is 53.8 Å². The summed E-state index contributed by atoms with van der Waals surface area (Å²) in [4.78, 5) is 14.2. The predicted molar refractivity (Wildman–Crippen MR) is 96.8 cm³/mol. The van der Waals surface area contributed by atoms with Gasteiger partial charge in [0, 0.05) is 6.54 Å². The summed E-state index contributed by atoms with van der Waals surface area (Å²) in [5.74, 6) is 1.43. The van der Waals surface area contributed by atoms with Gasteiger partial charge in [0.2, 0.25) is 0 Å². The molecule has 0 aliphatic heterocycles. The highest BCUT2D eigenvalue weighted by atomic mass is 19.3. The molecule has 2 heterocycles. The van der Waals surface area contributed by atoms with E-state index in [1.807, 2.05) is 0 Å². The average molecular weight is 390 g/mol. The number of nitrogens with zero attached hydrogens (tertiary/aromatic N) is 1. The maximum atomic E-state index is 12.6. The Morgan fingerprint density at radius 2 is 1.61 bits per heavy atom. The Morgan fingerprint density at radius 1 is 1.00 bits per heavy atom. The van der Waals surface area contributed by atoms with E-state index in [-0.39, 0.29) is 11.8 Å². The summed E-state index contributed by atoms with van der Waals surface area (Å²) in [5, 5.41) is 2.86. The summed E-state index contributed by atoms with van der Waals surface area (Å²) in [6, 6.07) is 13.2. The van der Waals surface area contributed by atoms with E-state index in [9.17, 15) is 13.6 Å². The van der Waals surface area contributed by atoms with Crippen molar-refractivity contribution in [2.24, 2.45) is 0 Å². The Balaban J connectivity index is 1.52. The molecule has 1 N–H and O–H groups in total. The third-order valence-electron chi connectivity index (χ3n) is 3.98. The van der Waals surface area contributed by atoms with Gasteiger partial charge in [-0.2, -0.15) is 8.78 Å². The second-order valence-electron chi connectivity index (χ2n) is 6.02. The summed E-state index contributed by atoms with van der Waals surface area (Å²) in [7, 11) is 0. The lowest BCUT2D eigenvalue weighted by atomic mass is 10.1. The number of rotatable bonds is 9. The Bertz CT molecular complexity index is 797. The molecule has 148 valence electrons. The number of halogens is 2. The molecule has 0 atom stereocenters. The molecule has 0 saturated heterocycles. The number of nitrogens with one attached hydrogen (secondary N) is 1. The van der Waals surface area contributed by atoms with E-state index < -0.39 is 6.61 Å². The van der Waals surface area contributed by atoms with E-state index in [2.05, 4.69) is 10.1 Å². The number of carbonyl (C=O) groups is 1. The molecule has 1 aromatic carbocycles. The zero-order valence-corrected chi connectivity index (χ0v) is 15.0. The third kappa shape index (κ3) is 5.87. The summed E-state index contributed by atoms with van der Waals surface area (Å²) in [6.07, 6.45) is 3.66. The molecule has 8 heteroatoms. The fraction of sp³-hybridized carbons (Fsp3) is 0.250. The van der Waals surface area contributed by atoms with Gasteiger partial charge in [0.1, 0.15) is 17.3 Å². The summed E-state index contributed by atoms with van der Waals surface area (Å²) < 4.78 is 39.3. The van der Waals surface area contributed by atoms with Crippen molar-refractivity contribution in [2.45, 2.75) is 26.1 Å². The molecule has 0 saturated carbocycles. The Hall–Kier alpha value is -3.29. The topological polar surface area (TPSA) is 67.8 Å². The van der Waals surface area contributed by atoms with Crippen LogP contribution in [0, 0.1) is 0 Å². The number of carbonyl (C=O) groups excluding carboxylic acids is 1. The van der Waals surface area contributed by atoms with Crippen LogP contribution in [-0.2, 0) is 19.5 Å². The highest BCUT2D eigenvalue weighted by molar-refractivity contribution is 5.74. The molecule has 0 aliphatic rings. The van der Waals surface area contributed by atoms with Gasteiger partial charge in [-0.3, -0.25) is 0 Å². The molecule has 28 heavy (non-hydrogen) atoms. The standard InChI is InChI=1S/C20H20F2N2O4/c21-19(22)28-16-7-5-15(6-8-16)9-10-23-20(25)24(13-17-3-1-11-26-17)14-18-4-2-12-27-18/h1-8,11-12,19H,9-10,13-14H2,(H,23,25). The molecule has 0 bridgehead atoms. The first-order chi connectivity index (χ1) is 13.6. The van der Waals surface area contributed by atoms with Crippen LogP contribution < -0.4 is 10.1 Å². The Labute approximate surface area is 160 Å². The zero-order chi connectivity index (χ0) is 19.8. The largest absolute Gasteiger partial charge is 0.467 e. The zero-order valence-electron chi connectivity index (χ0n) is 15.0. The highest BCUT2D eigenvalue weighted by Gasteiger charge is 2.17. The number of ether oxygens (including phenoxy) is 1. The van der Waals surface area contributed by atoms with Crippen molar-refractivity contribution in [3.63, 3.8) is 0 Å². The van der Waals surface area contributed by atoms with Gasteiger partial charge in [-0.25, -0.2) is 4.79 Å². The lowest BCUT2D eigenvalue weighted by molar-refractivity contribution is -0.0498. The molecule has 6 nitrogen and oxygen atoms in total. The van der Waals surface area contributed by atoms with E-state index in [4.69, 9.17) is 8.83 Å². The van der Waals surface area contributed by atoms with Crippen molar-refractivity contribution in [1.82, 2.24) is 10.2 Å². The van der Waals surface area contributed by atoms with Crippen LogP contribution in [0.15, 0.2) is 69.9 Å². The first kappa shape index (κ1) is 19.5. The molecule has 3 aromatic rings. The minimum absolute atomic E-state index is 0.103. The lowest BCUT2D eigenvalue weighted by Gasteiger charge is -2.21. The molecule has 0 aliphatic carbocycles. The molecule has 2 amide bonds. The quantitative estimate of drug-likeness (QED) is 0.587. The predicted octanol–water partition coefficient (Wildman–Crippen LogP) is 4.43. The smallest absolute Gasteiger partial charge is 0.387 e. The van der Waals surface area contributed by atoms with Crippen LogP contribution in [0.5, 0.6) is 5.75 Å². The van der Waals surface area contributed by atoms with E-state index in [0.29, 0.717) is 37.6 Å². The van der Waals surface area contributed by atoms with Gasteiger partial charge in [0.15, 0.2) is 0 Å². The molecule has 2 aromatic heterocycles. The van der Waals surface area contributed by atoms with E-state index in [1.165, 1.54) is 12.1 Å². The number of benzene rings is 1. The Kier molecular flexibility index (Phi) is 6.67.